The summed E-state index contributed by atoms with van der Waals surface area (Å²) in [7, 11) is 0. The third-order valence-corrected chi connectivity index (χ3v) is 15.9. The highest BCUT2D eigenvalue weighted by molar-refractivity contribution is 7.22. The molecule has 5 aromatic rings. The van der Waals surface area contributed by atoms with Crippen molar-refractivity contribution < 1.29 is 66.7 Å². The molecule has 84 heavy (non-hydrogen) atoms. The summed E-state index contributed by atoms with van der Waals surface area (Å²) in [5.74, 6) is -1.43. The Labute approximate surface area is 496 Å². The van der Waals surface area contributed by atoms with Crippen molar-refractivity contribution in [2.45, 2.75) is 142 Å². The molecule has 448 valence electrons. The van der Waals surface area contributed by atoms with Crippen LogP contribution in [0.15, 0.2) is 121 Å². The fourth-order valence-electron chi connectivity index (χ4n) is 9.93. The van der Waals surface area contributed by atoms with Crippen LogP contribution in [0.2, 0.25) is 0 Å². The number of carbonyl (C=O) groups is 6. The second-order valence-electron chi connectivity index (χ2n) is 21.2. The fraction of sp³-hybridized carbons (Fsp3) is 0.455. The first-order valence-electron chi connectivity index (χ1n) is 29.6. The van der Waals surface area contributed by atoms with Gasteiger partial charge >= 0.3 is 35.8 Å². The largest absolute Gasteiger partial charge is 0.494 e. The zero-order valence-corrected chi connectivity index (χ0v) is 49.2. The molecule has 7 rings (SSSR count). The predicted octanol–water partition coefficient (Wildman–Crippen LogP) is 13.7. The highest BCUT2D eigenvalue weighted by atomic mass is 32.1. The van der Waals surface area contributed by atoms with Gasteiger partial charge in [-0.1, -0.05) is 56.4 Å². The van der Waals surface area contributed by atoms with E-state index in [2.05, 4.69) is 27.0 Å². The Bertz CT molecular complexity index is 2950. The van der Waals surface area contributed by atoms with E-state index < -0.39 is 35.7 Å². The Kier molecular flexibility index (Phi) is 25.8. The Hall–Kier alpha value is -7.86. The topological polar surface area (TPSA) is 205 Å². The second kappa shape index (κ2) is 34.0. The van der Waals surface area contributed by atoms with Crippen molar-refractivity contribution in [2.75, 3.05) is 31.4 Å². The number of ether oxygens (including phenoxy) is 8. The van der Waals surface area contributed by atoms with Crippen LogP contribution in [0.25, 0.3) is 10.2 Å². The van der Waals surface area contributed by atoms with E-state index in [9.17, 15) is 28.8 Å². The van der Waals surface area contributed by atoms with Crippen LogP contribution in [0.1, 0.15) is 141 Å². The van der Waals surface area contributed by atoms with Crippen molar-refractivity contribution in [3.05, 3.63) is 122 Å². The molecule has 1 heterocycles. The number of anilines is 1. The lowest BCUT2D eigenvalue weighted by Crippen LogP contribution is -2.31. The molecular weight excluding hydrogens is 1090 g/mol. The fourth-order valence-corrected chi connectivity index (χ4v) is 11.0. The number of hydrogen-bond donors (Lipinski definition) is 0. The van der Waals surface area contributed by atoms with Crippen molar-refractivity contribution >= 4 is 68.7 Å². The number of aromatic nitrogens is 1. The molecule has 18 heteroatoms. The molecule has 0 radical (unpaired) electrons. The van der Waals surface area contributed by atoms with E-state index in [0.29, 0.717) is 111 Å². The first-order valence-corrected chi connectivity index (χ1v) is 30.4. The number of nitrogens with zero attached hydrogens (tertiary/aromatic N) is 3. The van der Waals surface area contributed by atoms with Crippen LogP contribution < -0.4 is 33.4 Å². The minimum Gasteiger partial charge on any atom is -0.494 e. The molecule has 0 N–H and O–H groups in total. The minimum absolute atomic E-state index is 0.0281. The first-order chi connectivity index (χ1) is 40.9. The van der Waals surface area contributed by atoms with Gasteiger partial charge in [-0.05, 0) is 195 Å². The number of hydrazone groups is 1. The number of esters is 6. The molecule has 0 amide bonds. The van der Waals surface area contributed by atoms with Crippen LogP contribution in [-0.4, -0.2) is 79.5 Å². The Morgan fingerprint density at radius 1 is 0.560 bits per heavy atom. The monoisotopic (exact) mass is 1170 g/mol. The van der Waals surface area contributed by atoms with Gasteiger partial charge in [-0.3, -0.25) is 19.2 Å². The maximum absolute atomic E-state index is 14.0. The SMILES string of the molecule is C=CC(=O)OCCCCCCOc1ccc(OC(=O)[C@H]2CC[C@H](C(=O)Oc3ccc(OC(=O)[C@H]4CC[C@H](C(=O)Oc5ccc(OCCCCCCOC(=O)C=C)cc5)CC4)c(/C=N/N(c4nc5ccccc5s4)C(C)CCCC)c3)CC2)cc1. The summed E-state index contributed by atoms with van der Waals surface area (Å²) in [5.41, 5.74) is 1.28. The molecule has 1 atom stereocenters. The highest BCUT2D eigenvalue weighted by Gasteiger charge is 2.34. The zero-order chi connectivity index (χ0) is 59.5. The standard InChI is InChI=1S/C66H79N3O14S/c1-5-8-19-46(4)69(66-68-57-20-13-14-21-59(57)84-66)67-45-51-44-56(82-64(74)49-24-22-47(23-25-49)62(72)80-54-34-30-52(31-35-54)76-40-15-9-11-17-42-78-60(70)6-2)38-39-58(51)83-65(75)50-28-26-48(27-29-50)63(73)81-55-36-32-53(33-37-55)77-41-16-10-12-18-43-79-61(71)7-3/h6-7,13-14,20-21,30-39,44-50H,2-3,5,8-12,15-19,22-29,40-43H2,1,4H3/b67-45+/t46?,47-,48-,49-,50-. The van der Waals surface area contributed by atoms with Crippen LogP contribution in [0.4, 0.5) is 5.13 Å². The molecule has 2 saturated carbocycles. The van der Waals surface area contributed by atoms with Crippen LogP contribution in [0.3, 0.4) is 0 Å². The number of thiazole rings is 1. The van der Waals surface area contributed by atoms with Gasteiger partial charge in [0, 0.05) is 17.7 Å². The van der Waals surface area contributed by atoms with Crippen molar-refractivity contribution in [3.8, 4) is 34.5 Å². The molecule has 0 bridgehead atoms. The summed E-state index contributed by atoms with van der Waals surface area (Å²) in [6, 6.07) is 26.6. The third-order valence-electron chi connectivity index (χ3n) is 14.9. The van der Waals surface area contributed by atoms with Gasteiger partial charge in [0.1, 0.15) is 34.5 Å². The lowest BCUT2D eigenvalue weighted by molar-refractivity contribution is -0.145. The molecule has 2 aliphatic carbocycles. The molecule has 2 aliphatic rings. The number of benzene rings is 4. The van der Waals surface area contributed by atoms with Crippen molar-refractivity contribution in [1.82, 2.24) is 4.98 Å². The summed E-state index contributed by atoms with van der Waals surface area (Å²) in [6.45, 7) is 12.8. The quantitative estimate of drug-likeness (QED) is 0.00956. The van der Waals surface area contributed by atoms with E-state index in [4.69, 9.17) is 48.0 Å². The number of hydrogen-bond acceptors (Lipinski definition) is 18. The Balaban J connectivity index is 0.917. The summed E-state index contributed by atoms with van der Waals surface area (Å²) in [6.07, 6.45) is 17.2. The lowest BCUT2D eigenvalue weighted by atomic mass is 9.82. The van der Waals surface area contributed by atoms with E-state index in [1.165, 1.54) is 11.3 Å². The van der Waals surface area contributed by atoms with Gasteiger partial charge in [-0.15, -0.1) is 0 Å². The van der Waals surface area contributed by atoms with Crippen LogP contribution in [0.5, 0.6) is 34.5 Å². The van der Waals surface area contributed by atoms with Crippen LogP contribution in [0, 0.1) is 23.7 Å². The number of unbranched alkanes of at least 4 members (excludes halogenated alkanes) is 7. The highest BCUT2D eigenvalue weighted by Crippen LogP contribution is 2.36. The van der Waals surface area contributed by atoms with Gasteiger partial charge < -0.3 is 37.9 Å². The average Bonchev–Trinajstić information content (AvgIpc) is 4.13. The van der Waals surface area contributed by atoms with E-state index >= 15 is 0 Å². The van der Waals surface area contributed by atoms with Crippen LogP contribution in [-0.2, 0) is 38.2 Å². The van der Waals surface area contributed by atoms with Crippen molar-refractivity contribution in [2.24, 2.45) is 28.8 Å². The Morgan fingerprint density at radius 2 is 0.988 bits per heavy atom. The summed E-state index contributed by atoms with van der Waals surface area (Å²) in [5, 5.41) is 7.59. The number of carbonyl (C=O) groups excluding carboxylic acids is 6. The van der Waals surface area contributed by atoms with Gasteiger partial charge in [0.05, 0.1) is 72.6 Å². The molecule has 0 spiro atoms. The first kappa shape index (κ1) is 63.7. The predicted molar refractivity (Wildman–Crippen MR) is 322 cm³/mol. The van der Waals surface area contributed by atoms with Gasteiger partial charge in [0.15, 0.2) is 0 Å². The summed E-state index contributed by atoms with van der Waals surface area (Å²) >= 11 is 1.53. The smallest absolute Gasteiger partial charge is 0.330 e. The molecule has 17 nitrogen and oxygen atoms in total. The maximum Gasteiger partial charge on any atom is 0.330 e. The van der Waals surface area contributed by atoms with Crippen molar-refractivity contribution in [3.63, 3.8) is 0 Å². The van der Waals surface area contributed by atoms with Gasteiger partial charge in [-0.25, -0.2) is 19.6 Å². The Morgan fingerprint density at radius 3 is 1.45 bits per heavy atom. The van der Waals surface area contributed by atoms with Gasteiger partial charge in [0.25, 0.3) is 0 Å². The normalized spacial score (nSPS) is 17.1. The minimum atomic E-state index is -0.467. The van der Waals surface area contributed by atoms with Crippen LogP contribution >= 0.6 is 11.3 Å². The molecule has 4 aromatic carbocycles. The second-order valence-corrected chi connectivity index (χ2v) is 22.2. The molecule has 1 unspecified atom stereocenters. The number of para-hydroxylation sites is 1. The third kappa shape index (κ3) is 20.5. The molecule has 1 aromatic heterocycles. The molecular formula is C66H79N3O14S. The zero-order valence-electron chi connectivity index (χ0n) is 48.4. The van der Waals surface area contributed by atoms with E-state index in [-0.39, 0.29) is 41.3 Å². The average molecular weight is 1170 g/mol. The van der Waals surface area contributed by atoms with E-state index in [1.807, 2.05) is 29.3 Å². The number of fused-ring (bicyclic) bond motifs is 1. The van der Waals surface area contributed by atoms with E-state index in [0.717, 1.165) is 93.0 Å². The summed E-state index contributed by atoms with van der Waals surface area (Å²) < 4.78 is 46.4. The summed E-state index contributed by atoms with van der Waals surface area (Å²) in [4.78, 5) is 81.6. The van der Waals surface area contributed by atoms with E-state index in [1.54, 1.807) is 72.9 Å². The lowest BCUT2D eigenvalue weighted by Gasteiger charge is -2.26. The molecule has 0 aliphatic heterocycles. The number of rotatable bonds is 33. The van der Waals surface area contributed by atoms with Gasteiger partial charge in [-0.2, -0.15) is 5.10 Å². The van der Waals surface area contributed by atoms with Gasteiger partial charge in [0.2, 0.25) is 5.13 Å². The van der Waals surface area contributed by atoms with Crippen molar-refractivity contribution in [1.29, 1.82) is 0 Å². The molecule has 2 fully saturated rings. The molecule has 0 saturated heterocycles. The maximum atomic E-state index is 14.0.